The summed E-state index contributed by atoms with van der Waals surface area (Å²) in [4.78, 5) is 0. The van der Waals surface area contributed by atoms with E-state index in [2.05, 4.69) is 19.1 Å². The maximum Gasteiger partial charge on any atom is 0.395 e. The molecule has 4 nitrogen and oxygen atoms in total. The van der Waals surface area contributed by atoms with E-state index in [9.17, 15) is 4.57 Å². The predicted octanol–water partition coefficient (Wildman–Crippen LogP) is 4.10. The number of hydrogen-bond donors (Lipinski definition) is 0. The van der Waals surface area contributed by atoms with Gasteiger partial charge in [0.15, 0.2) is 0 Å². The molecule has 0 aromatic heterocycles. The van der Waals surface area contributed by atoms with Crippen LogP contribution in [-0.4, -0.2) is 19.3 Å². The highest BCUT2D eigenvalue weighted by Gasteiger charge is 2.44. The molecule has 0 aromatic carbocycles. The Morgan fingerprint density at radius 1 is 1.37 bits per heavy atom. The molecule has 2 rings (SSSR count). The summed E-state index contributed by atoms with van der Waals surface area (Å²) in [6, 6.07) is 0. The molecule has 0 N–H and O–H groups in total. The Morgan fingerprint density at radius 3 is 2.58 bits per heavy atom. The molecule has 1 heterocycles. The molecule has 108 valence electrons. The standard InChI is InChI=1S/C14H23O4P/c1-5-16-19(15,17-6-2)14-11(4)10(3)12-8-7-9-13(12)18-14/h7,9-10,12-13H,5-6,8H2,1-4H3/t10-,12-,13+/m0/s1. The van der Waals surface area contributed by atoms with Crippen LogP contribution in [0.15, 0.2) is 23.2 Å². The van der Waals surface area contributed by atoms with Crippen molar-refractivity contribution in [2.24, 2.45) is 11.8 Å². The van der Waals surface area contributed by atoms with Gasteiger partial charge in [-0.15, -0.1) is 0 Å². The largest absolute Gasteiger partial charge is 0.478 e. The van der Waals surface area contributed by atoms with Crippen LogP contribution < -0.4 is 0 Å². The maximum atomic E-state index is 12.9. The normalized spacial score (nSPS) is 30.4. The van der Waals surface area contributed by atoms with Crippen LogP contribution in [0.25, 0.3) is 0 Å². The summed E-state index contributed by atoms with van der Waals surface area (Å²) in [6.45, 7) is 8.44. The zero-order chi connectivity index (χ0) is 14.0. The molecule has 0 saturated carbocycles. The second kappa shape index (κ2) is 5.82. The van der Waals surface area contributed by atoms with Crippen LogP contribution in [-0.2, 0) is 18.3 Å². The smallest absolute Gasteiger partial charge is 0.395 e. The van der Waals surface area contributed by atoms with Crippen molar-refractivity contribution in [1.29, 1.82) is 0 Å². The first kappa shape index (κ1) is 14.8. The van der Waals surface area contributed by atoms with E-state index in [1.807, 2.05) is 20.8 Å². The van der Waals surface area contributed by atoms with Crippen molar-refractivity contribution in [3.05, 3.63) is 23.2 Å². The van der Waals surface area contributed by atoms with Crippen molar-refractivity contribution in [2.75, 3.05) is 13.2 Å². The van der Waals surface area contributed by atoms with Crippen molar-refractivity contribution in [3.63, 3.8) is 0 Å². The van der Waals surface area contributed by atoms with Gasteiger partial charge >= 0.3 is 7.60 Å². The van der Waals surface area contributed by atoms with Gasteiger partial charge in [-0.1, -0.05) is 13.0 Å². The van der Waals surface area contributed by atoms with E-state index in [4.69, 9.17) is 13.8 Å². The van der Waals surface area contributed by atoms with Gasteiger partial charge in [0.25, 0.3) is 0 Å². The summed E-state index contributed by atoms with van der Waals surface area (Å²) in [5.74, 6) is 0.776. The topological polar surface area (TPSA) is 44.8 Å². The Balaban J connectivity index is 2.35. The molecule has 0 fully saturated rings. The average Bonchev–Trinajstić information content (AvgIpc) is 2.82. The number of allylic oxidation sites excluding steroid dienone is 2. The van der Waals surface area contributed by atoms with Gasteiger partial charge in [0.1, 0.15) is 6.10 Å². The zero-order valence-electron chi connectivity index (χ0n) is 12.1. The summed E-state index contributed by atoms with van der Waals surface area (Å²) in [6.07, 6.45) is 5.21. The third-order valence-electron chi connectivity index (χ3n) is 3.91. The lowest BCUT2D eigenvalue weighted by Gasteiger charge is -2.36. The molecular weight excluding hydrogens is 263 g/mol. The fourth-order valence-corrected chi connectivity index (χ4v) is 4.65. The molecule has 3 atom stereocenters. The van der Waals surface area contributed by atoms with Crippen LogP contribution in [0.4, 0.5) is 0 Å². The molecule has 0 unspecified atom stereocenters. The fraction of sp³-hybridized carbons (Fsp3) is 0.714. The first-order valence-electron chi connectivity index (χ1n) is 6.97. The third kappa shape index (κ3) is 2.67. The Morgan fingerprint density at radius 2 is 2.00 bits per heavy atom. The molecule has 0 aromatic rings. The van der Waals surface area contributed by atoms with E-state index in [0.29, 0.717) is 30.5 Å². The number of fused-ring (bicyclic) bond motifs is 1. The highest BCUT2D eigenvalue weighted by atomic mass is 31.2. The molecule has 2 aliphatic rings. The Bertz CT molecular complexity index is 431. The first-order chi connectivity index (χ1) is 9.03. The second-order valence-corrected chi connectivity index (χ2v) is 6.94. The van der Waals surface area contributed by atoms with Crippen LogP contribution in [0, 0.1) is 11.8 Å². The average molecular weight is 286 g/mol. The molecule has 0 bridgehead atoms. The summed E-state index contributed by atoms with van der Waals surface area (Å²) < 4.78 is 29.6. The third-order valence-corrected chi connectivity index (χ3v) is 6.06. The second-order valence-electron chi connectivity index (χ2n) is 5.02. The van der Waals surface area contributed by atoms with Crippen molar-refractivity contribution < 1.29 is 18.3 Å². The lowest BCUT2D eigenvalue weighted by Crippen LogP contribution is -2.31. The molecule has 5 heteroatoms. The zero-order valence-corrected chi connectivity index (χ0v) is 13.0. The van der Waals surface area contributed by atoms with E-state index in [1.54, 1.807) is 0 Å². The highest BCUT2D eigenvalue weighted by Crippen LogP contribution is 2.61. The molecular formula is C14H23O4P. The molecule has 19 heavy (non-hydrogen) atoms. The lowest BCUT2D eigenvalue weighted by molar-refractivity contribution is 0.0685. The van der Waals surface area contributed by atoms with Crippen LogP contribution in [0.1, 0.15) is 34.1 Å². The Kier molecular flexibility index (Phi) is 4.54. The molecule has 0 amide bonds. The van der Waals surface area contributed by atoms with Crippen LogP contribution in [0.2, 0.25) is 0 Å². The Hall–Kier alpha value is -0.570. The molecule has 0 saturated heterocycles. The summed E-state index contributed by atoms with van der Waals surface area (Å²) >= 11 is 0. The lowest BCUT2D eigenvalue weighted by atomic mass is 9.84. The molecule has 1 aliphatic heterocycles. The molecule has 0 radical (unpaired) electrons. The highest BCUT2D eigenvalue weighted by molar-refractivity contribution is 7.58. The van der Waals surface area contributed by atoms with Crippen LogP contribution >= 0.6 is 7.60 Å². The van der Waals surface area contributed by atoms with Crippen molar-refractivity contribution in [2.45, 2.75) is 40.2 Å². The van der Waals surface area contributed by atoms with Crippen LogP contribution in [0.3, 0.4) is 0 Å². The van der Waals surface area contributed by atoms with Gasteiger partial charge in [-0.25, -0.2) is 0 Å². The van der Waals surface area contributed by atoms with Crippen molar-refractivity contribution >= 4 is 7.60 Å². The van der Waals surface area contributed by atoms with Gasteiger partial charge in [-0.05, 0) is 44.8 Å². The number of rotatable bonds is 5. The van der Waals surface area contributed by atoms with E-state index < -0.39 is 7.60 Å². The predicted molar refractivity (Wildman–Crippen MR) is 74.8 cm³/mol. The van der Waals surface area contributed by atoms with E-state index in [-0.39, 0.29) is 6.10 Å². The summed E-state index contributed by atoms with van der Waals surface area (Å²) in [5, 5.41) is 0. The number of hydrogen-bond acceptors (Lipinski definition) is 4. The summed E-state index contributed by atoms with van der Waals surface area (Å²) in [7, 11) is -3.31. The number of ether oxygens (including phenoxy) is 1. The van der Waals surface area contributed by atoms with Gasteiger partial charge < -0.3 is 13.8 Å². The first-order valence-corrected chi connectivity index (χ1v) is 8.51. The van der Waals surface area contributed by atoms with Gasteiger partial charge in [0.2, 0.25) is 5.50 Å². The van der Waals surface area contributed by atoms with Gasteiger partial charge in [-0.3, -0.25) is 4.57 Å². The maximum absolute atomic E-state index is 12.9. The monoisotopic (exact) mass is 286 g/mol. The van der Waals surface area contributed by atoms with Gasteiger partial charge in [-0.2, -0.15) is 0 Å². The Labute approximate surface area is 115 Å². The van der Waals surface area contributed by atoms with Crippen molar-refractivity contribution in [1.82, 2.24) is 0 Å². The molecule has 1 aliphatic carbocycles. The van der Waals surface area contributed by atoms with Gasteiger partial charge in [0.05, 0.1) is 13.2 Å². The minimum absolute atomic E-state index is 0.00272. The summed E-state index contributed by atoms with van der Waals surface area (Å²) in [5.41, 5.74) is 1.42. The quantitative estimate of drug-likeness (QED) is 0.564. The van der Waals surface area contributed by atoms with Gasteiger partial charge in [0, 0.05) is 5.92 Å². The fourth-order valence-electron chi connectivity index (χ4n) is 2.77. The van der Waals surface area contributed by atoms with Crippen LogP contribution in [0.5, 0.6) is 0 Å². The molecule has 0 spiro atoms. The SMILES string of the molecule is CCOP(=O)(OCC)C1=C(C)[C@H](C)[C@@H]2CC=C[C@H]2O1. The van der Waals surface area contributed by atoms with E-state index >= 15 is 0 Å². The minimum atomic E-state index is -3.31. The van der Waals surface area contributed by atoms with E-state index in [1.165, 1.54) is 0 Å². The van der Waals surface area contributed by atoms with E-state index in [0.717, 1.165) is 12.0 Å². The minimum Gasteiger partial charge on any atom is -0.478 e. The van der Waals surface area contributed by atoms with Crippen molar-refractivity contribution in [3.8, 4) is 0 Å².